The van der Waals surface area contributed by atoms with E-state index >= 15 is 0 Å². The van der Waals surface area contributed by atoms with E-state index in [2.05, 4.69) is 25.9 Å². The number of hydrogen-bond donors (Lipinski definition) is 3. The topological polar surface area (TPSA) is 78.9 Å². The maximum Gasteiger partial charge on any atom is 0.323 e. The minimum Gasteiger partial charge on any atom is -0.331 e. The number of benzene rings is 2. The number of nitrogens with zero attached hydrogens (tertiary/aromatic N) is 2. The summed E-state index contributed by atoms with van der Waals surface area (Å²) in [6, 6.07) is 17.0. The summed E-state index contributed by atoms with van der Waals surface area (Å²) in [5.41, 5.74) is 6.27. The van der Waals surface area contributed by atoms with Crippen molar-refractivity contribution in [3.05, 3.63) is 83.5 Å². The standard InChI is InChI=1S/C23H21N5OS/c1-15-6-3-4-8-19(15)26-22(29)25-18-10-9-16(2)20(12-18)27-23-28-21(14-30-23)17-7-5-11-24-13-17/h3-14H,1-2H3,(H,27,28)(H2,25,26,29). The van der Waals surface area contributed by atoms with Crippen molar-refractivity contribution in [2.45, 2.75) is 13.8 Å². The molecule has 2 aromatic carbocycles. The van der Waals surface area contributed by atoms with Gasteiger partial charge >= 0.3 is 6.03 Å². The maximum atomic E-state index is 12.4. The van der Waals surface area contributed by atoms with E-state index in [9.17, 15) is 4.79 Å². The molecular formula is C23H21N5OS. The number of hydrogen-bond acceptors (Lipinski definition) is 5. The van der Waals surface area contributed by atoms with Crippen molar-refractivity contribution in [1.82, 2.24) is 9.97 Å². The summed E-state index contributed by atoms with van der Waals surface area (Å²) in [7, 11) is 0. The first-order valence-electron chi connectivity index (χ1n) is 9.46. The molecular weight excluding hydrogens is 394 g/mol. The molecule has 0 radical (unpaired) electrons. The molecule has 0 aliphatic carbocycles. The summed E-state index contributed by atoms with van der Waals surface area (Å²) in [5.74, 6) is 0. The van der Waals surface area contributed by atoms with Gasteiger partial charge in [0.25, 0.3) is 0 Å². The fourth-order valence-electron chi connectivity index (χ4n) is 2.93. The first-order chi connectivity index (χ1) is 14.6. The van der Waals surface area contributed by atoms with Gasteiger partial charge in [-0.15, -0.1) is 11.3 Å². The number of nitrogens with one attached hydrogen (secondary N) is 3. The lowest BCUT2D eigenvalue weighted by atomic mass is 10.2. The lowest BCUT2D eigenvalue weighted by Crippen LogP contribution is -2.20. The number of urea groups is 1. The molecule has 0 spiro atoms. The van der Waals surface area contributed by atoms with Crippen LogP contribution >= 0.6 is 11.3 Å². The Morgan fingerprint density at radius 3 is 2.57 bits per heavy atom. The van der Waals surface area contributed by atoms with Crippen LogP contribution in [0.3, 0.4) is 0 Å². The van der Waals surface area contributed by atoms with Gasteiger partial charge in [-0.3, -0.25) is 4.98 Å². The molecule has 0 unspecified atom stereocenters. The van der Waals surface area contributed by atoms with Crippen molar-refractivity contribution < 1.29 is 4.79 Å². The first-order valence-corrected chi connectivity index (χ1v) is 10.3. The van der Waals surface area contributed by atoms with Crippen molar-refractivity contribution in [2.24, 2.45) is 0 Å². The van der Waals surface area contributed by atoms with Crippen LogP contribution in [0.25, 0.3) is 11.3 Å². The normalized spacial score (nSPS) is 10.5. The van der Waals surface area contributed by atoms with Crippen molar-refractivity contribution >= 4 is 39.6 Å². The number of carbonyl (C=O) groups excluding carboxylic acids is 1. The van der Waals surface area contributed by atoms with E-state index in [1.807, 2.05) is 73.8 Å². The Labute approximate surface area is 179 Å². The summed E-state index contributed by atoms with van der Waals surface area (Å²) < 4.78 is 0. The monoisotopic (exact) mass is 415 g/mol. The van der Waals surface area contributed by atoms with E-state index in [-0.39, 0.29) is 6.03 Å². The molecule has 3 N–H and O–H groups in total. The Kier molecular flexibility index (Phi) is 5.72. The highest BCUT2D eigenvalue weighted by atomic mass is 32.1. The van der Waals surface area contributed by atoms with Crippen molar-refractivity contribution in [3.63, 3.8) is 0 Å². The fourth-order valence-corrected chi connectivity index (χ4v) is 3.66. The molecule has 2 amide bonds. The molecule has 7 heteroatoms. The van der Waals surface area contributed by atoms with E-state index in [0.717, 1.165) is 38.9 Å². The lowest BCUT2D eigenvalue weighted by Gasteiger charge is -2.12. The second-order valence-electron chi connectivity index (χ2n) is 6.83. The molecule has 150 valence electrons. The zero-order valence-corrected chi connectivity index (χ0v) is 17.5. The predicted molar refractivity (Wildman–Crippen MR) is 124 cm³/mol. The van der Waals surface area contributed by atoms with Crippen LogP contribution in [0.4, 0.5) is 27.0 Å². The van der Waals surface area contributed by atoms with Crippen LogP contribution in [0, 0.1) is 13.8 Å². The summed E-state index contributed by atoms with van der Waals surface area (Å²) in [4.78, 5) is 21.2. The minimum absolute atomic E-state index is 0.285. The van der Waals surface area contributed by atoms with Gasteiger partial charge in [0.2, 0.25) is 0 Å². The Morgan fingerprint density at radius 2 is 1.77 bits per heavy atom. The van der Waals surface area contributed by atoms with E-state index < -0.39 is 0 Å². The second-order valence-corrected chi connectivity index (χ2v) is 7.69. The molecule has 0 aliphatic heterocycles. The SMILES string of the molecule is Cc1ccccc1NC(=O)Nc1ccc(C)c(Nc2nc(-c3cccnc3)cs2)c1. The number of pyridine rings is 1. The molecule has 0 aliphatic rings. The van der Waals surface area contributed by atoms with Crippen LogP contribution < -0.4 is 16.0 Å². The summed E-state index contributed by atoms with van der Waals surface area (Å²) in [6.07, 6.45) is 3.54. The summed E-state index contributed by atoms with van der Waals surface area (Å²) >= 11 is 1.52. The molecule has 0 saturated heterocycles. The first kappa shape index (κ1) is 19.6. The van der Waals surface area contributed by atoms with Gasteiger partial charge in [-0.05, 0) is 55.3 Å². The Morgan fingerprint density at radius 1 is 0.933 bits per heavy atom. The van der Waals surface area contributed by atoms with Crippen LogP contribution in [0.1, 0.15) is 11.1 Å². The van der Waals surface area contributed by atoms with Crippen LogP contribution in [0.2, 0.25) is 0 Å². The van der Waals surface area contributed by atoms with Crippen LogP contribution in [0.15, 0.2) is 72.4 Å². The van der Waals surface area contributed by atoms with Gasteiger partial charge in [0.15, 0.2) is 5.13 Å². The average Bonchev–Trinajstić information content (AvgIpc) is 3.21. The number of thiazole rings is 1. The molecule has 0 saturated carbocycles. The molecule has 0 atom stereocenters. The van der Waals surface area contributed by atoms with Gasteiger partial charge in [-0.25, -0.2) is 9.78 Å². The van der Waals surface area contributed by atoms with Crippen molar-refractivity contribution in [1.29, 1.82) is 0 Å². The quantitative estimate of drug-likeness (QED) is 0.362. The minimum atomic E-state index is -0.285. The third kappa shape index (κ3) is 4.64. The third-order valence-electron chi connectivity index (χ3n) is 4.59. The highest BCUT2D eigenvalue weighted by molar-refractivity contribution is 7.14. The van der Waals surface area contributed by atoms with Gasteiger partial charge < -0.3 is 16.0 Å². The van der Waals surface area contributed by atoms with Gasteiger partial charge in [0.1, 0.15) is 0 Å². The third-order valence-corrected chi connectivity index (χ3v) is 5.35. The highest BCUT2D eigenvalue weighted by Gasteiger charge is 2.09. The van der Waals surface area contributed by atoms with Gasteiger partial charge in [-0.2, -0.15) is 0 Å². The summed E-state index contributed by atoms with van der Waals surface area (Å²) in [5, 5.41) is 11.9. The number of carbonyl (C=O) groups is 1. The Balaban J connectivity index is 1.46. The number of rotatable bonds is 5. The van der Waals surface area contributed by atoms with Crippen LogP contribution in [-0.4, -0.2) is 16.0 Å². The Bertz CT molecular complexity index is 1170. The van der Waals surface area contributed by atoms with Crippen LogP contribution in [0.5, 0.6) is 0 Å². The number of aryl methyl sites for hydroxylation is 2. The molecule has 0 bridgehead atoms. The van der Waals surface area contributed by atoms with Crippen LogP contribution in [-0.2, 0) is 0 Å². The molecule has 4 aromatic rings. The molecule has 4 rings (SSSR count). The molecule has 2 aromatic heterocycles. The number of para-hydroxylation sites is 1. The molecule has 2 heterocycles. The molecule has 0 fully saturated rings. The van der Waals surface area contributed by atoms with E-state index in [1.165, 1.54) is 11.3 Å². The lowest BCUT2D eigenvalue weighted by molar-refractivity contribution is 0.262. The van der Waals surface area contributed by atoms with E-state index in [1.54, 1.807) is 12.4 Å². The maximum absolute atomic E-state index is 12.4. The highest BCUT2D eigenvalue weighted by Crippen LogP contribution is 2.29. The Hall–Kier alpha value is -3.71. The van der Waals surface area contributed by atoms with Gasteiger partial charge in [-0.1, -0.05) is 24.3 Å². The zero-order chi connectivity index (χ0) is 20.9. The fraction of sp³-hybridized carbons (Fsp3) is 0.0870. The second kappa shape index (κ2) is 8.75. The van der Waals surface area contributed by atoms with Crippen molar-refractivity contribution in [3.8, 4) is 11.3 Å². The zero-order valence-electron chi connectivity index (χ0n) is 16.6. The summed E-state index contributed by atoms with van der Waals surface area (Å²) in [6.45, 7) is 3.96. The van der Waals surface area contributed by atoms with E-state index in [4.69, 9.17) is 0 Å². The average molecular weight is 416 g/mol. The largest absolute Gasteiger partial charge is 0.331 e. The van der Waals surface area contributed by atoms with Gasteiger partial charge in [0.05, 0.1) is 5.69 Å². The smallest absolute Gasteiger partial charge is 0.323 e. The van der Waals surface area contributed by atoms with E-state index in [0.29, 0.717) is 5.69 Å². The number of amides is 2. The molecule has 6 nitrogen and oxygen atoms in total. The molecule has 30 heavy (non-hydrogen) atoms. The number of aromatic nitrogens is 2. The van der Waals surface area contributed by atoms with Gasteiger partial charge in [0, 0.05) is 40.4 Å². The number of anilines is 4. The van der Waals surface area contributed by atoms with Crippen molar-refractivity contribution in [2.75, 3.05) is 16.0 Å². The predicted octanol–water partition coefficient (Wildman–Crippen LogP) is 6.21.